The van der Waals surface area contributed by atoms with Crippen molar-refractivity contribution in [3.8, 4) is 0 Å². The lowest BCUT2D eigenvalue weighted by Gasteiger charge is -2.30. The number of nitrogens with one attached hydrogen (secondary N) is 1. The SMILES string of the molecule is CCCOC(=O)C(C)(C)NP(=O)(CO[C@H](C)Cn1cnc2c(N)ncnc21)OCc1cccc(C(=O)OC(C)C)c1. The van der Waals surface area contributed by atoms with Crippen LogP contribution in [0, 0.1) is 0 Å². The van der Waals surface area contributed by atoms with Crippen LogP contribution in [0.3, 0.4) is 0 Å². The number of nitrogens with zero attached hydrogens (tertiary/aromatic N) is 4. The van der Waals surface area contributed by atoms with Crippen LogP contribution in [-0.2, 0) is 41.2 Å². The number of anilines is 1. The second-order valence-corrected chi connectivity index (χ2v) is 12.5. The first-order valence-corrected chi connectivity index (χ1v) is 15.2. The molecule has 1 unspecified atom stereocenters. The number of rotatable bonds is 15. The number of nitrogen functional groups attached to an aromatic ring is 1. The van der Waals surface area contributed by atoms with Crippen LogP contribution < -0.4 is 10.8 Å². The van der Waals surface area contributed by atoms with E-state index in [1.807, 2.05) is 6.92 Å². The van der Waals surface area contributed by atoms with Gasteiger partial charge in [-0.15, -0.1) is 0 Å². The number of nitrogens with two attached hydrogens (primary N) is 1. The fourth-order valence-electron chi connectivity index (χ4n) is 3.78. The molecule has 0 amide bonds. The lowest BCUT2D eigenvalue weighted by molar-refractivity contribution is -0.149. The van der Waals surface area contributed by atoms with Crippen LogP contribution in [0.25, 0.3) is 11.2 Å². The molecule has 2 atom stereocenters. The Bertz CT molecular complexity index is 1390. The number of hydrogen-bond acceptors (Lipinski definition) is 11. The molecule has 13 nitrogen and oxygen atoms in total. The number of hydrogen-bond donors (Lipinski definition) is 2. The summed E-state index contributed by atoms with van der Waals surface area (Å²) in [6.45, 7) is 10.8. The van der Waals surface area contributed by atoms with Crippen molar-refractivity contribution in [3.63, 3.8) is 0 Å². The van der Waals surface area contributed by atoms with Crippen molar-refractivity contribution in [1.29, 1.82) is 0 Å². The number of aromatic nitrogens is 4. The van der Waals surface area contributed by atoms with E-state index in [1.54, 1.807) is 69.8 Å². The number of carbonyl (C=O) groups excluding carboxylic acids is 2. The molecule has 0 fully saturated rings. The van der Waals surface area contributed by atoms with Gasteiger partial charge in [0.05, 0.1) is 43.9 Å². The van der Waals surface area contributed by atoms with E-state index in [1.165, 1.54) is 6.33 Å². The van der Waals surface area contributed by atoms with Gasteiger partial charge in [0.2, 0.25) is 0 Å². The van der Waals surface area contributed by atoms with Crippen molar-refractivity contribution in [1.82, 2.24) is 24.6 Å². The topological polar surface area (TPSA) is 170 Å². The van der Waals surface area contributed by atoms with Crippen molar-refractivity contribution in [2.45, 2.75) is 78.9 Å². The summed E-state index contributed by atoms with van der Waals surface area (Å²) in [6, 6.07) is 6.65. The minimum Gasteiger partial charge on any atom is -0.464 e. The molecule has 0 radical (unpaired) electrons. The van der Waals surface area contributed by atoms with Crippen molar-refractivity contribution in [2.75, 3.05) is 18.7 Å². The first-order valence-electron chi connectivity index (χ1n) is 13.4. The molecule has 3 N–H and O–H groups in total. The zero-order valence-corrected chi connectivity index (χ0v) is 25.2. The van der Waals surface area contributed by atoms with E-state index < -0.39 is 31.1 Å². The summed E-state index contributed by atoms with van der Waals surface area (Å²) in [5.41, 5.74) is 6.48. The van der Waals surface area contributed by atoms with Crippen molar-refractivity contribution >= 4 is 36.4 Å². The van der Waals surface area contributed by atoms with Crippen LogP contribution in [0.15, 0.2) is 36.9 Å². The minimum atomic E-state index is -3.81. The Morgan fingerprint density at radius 1 is 1.17 bits per heavy atom. The molecule has 2 heterocycles. The predicted molar refractivity (Wildman–Crippen MR) is 153 cm³/mol. The molecule has 0 bridgehead atoms. The molecule has 0 aliphatic heterocycles. The zero-order chi connectivity index (χ0) is 30.2. The summed E-state index contributed by atoms with van der Waals surface area (Å²) in [6.07, 6.45) is 2.50. The van der Waals surface area contributed by atoms with Gasteiger partial charge in [0.1, 0.15) is 23.7 Å². The molecule has 0 spiro atoms. The first kappa shape index (κ1) is 32.1. The molecular weight excluding hydrogens is 551 g/mol. The third-order valence-corrected chi connectivity index (χ3v) is 7.69. The van der Waals surface area contributed by atoms with Crippen LogP contribution in [0.1, 0.15) is 63.9 Å². The number of benzene rings is 1. The number of esters is 2. The van der Waals surface area contributed by atoms with E-state index in [4.69, 9.17) is 24.5 Å². The summed E-state index contributed by atoms with van der Waals surface area (Å²) < 4.78 is 38.3. The molecule has 224 valence electrons. The maximum absolute atomic E-state index is 14.1. The number of carbonyl (C=O) groups is 2. The van der Waals surface area contributed by atoms with Gasteiger partial charge in [-0.2, -0.15) is 0 Å². The number of fused-ring (bicyclic) bond motifs is 1. The molecular formula is C27H39N6O7P. The lowest BCUT2D eigenvalue weighted by atomic mass is 10.1. The van der Waals surface area contributed by atoms with E-state index >= 15 is 0 Å². The molecule has 0 saturated heterocycles. The van der Waals surface area contributed by atoms with E-state index in [9.17, 15) is 14.2 Å². The van der Waals surface area contributed by atoms with Gasteiger partial charge in [0, 0.05) is 0 Å². The number of ether oxygens (including phenoxy) is 3. The molecule has 3 aromatic rings. The Morgan fingerprint density at radius 2 is 1.93 bits per heavy atom. The highest BCUT2D eigenvalue weighted by atomic mass is 31.2. The maximum Gasteiger partial charge on any atom is 0.338 e. The van der Waals surface area contributed by atoms with Crippen LogP contribution in [0.4, 0.5) is 5.82 Å². The van der Waals surface area contributed by atoms with Gasteiger partial charge in [-0.1, -0.05) is 19.1 Å². The third kappa shape index (κ3) is 9.06. The van der Waals surface area contributed by atoms with E-state index in [-0.39, 0.29) is 31.5 Å². The molecule has 41 heavy (non-hydrogen) atoms. The van der Waals surface area contributed by atoms with E-state index in [0.29, 0.717) is 35.3 Å². The summed E-state index contributed by atoms with van der Waals surface area (Å²) >= 11 is 0. The molecule has 2 aromatic heterocycles. The fourth-order valence-corrected chi connectivity index (χ4v) is 5.74. The van der Waals surface area contributed by atoms with Gasteiger partial charge in [-0.25, -0.2) is 24.8 Å². The smallest absolute Gasteiger partial charge is 0.338 e. The Labute approximate surface area is 239 Å². The predicted octanol–water partition coefficient (Wildman–Crippen LogP) is 4.07. The van der Waals surface area contributed by atoms with Gasteiger partial charge in [0.15, 0.2) is 11.5 Å². The second kappa shape index (κ2) is 14.0. The summed E-state index contributed by atoms with van der Waals surface area (Å²) in [7, 11) is -3.81. The van der Waals surface area contributed by atoms with Crippen LogP contribution in [0.2, 0.25) is 0 Å². The maximum atomic E-state index is 14.1. The largest absolute Gasteiger partial charge is 0.464 e. The van der Waals surface area contributed by atoms with E-state index in [0.717, 1.165) is 0 Å². The lowest BCUT2D eigenvalue weighted by Crippen LogP contribution is -2.47. The van der Waals surface area contributed by atoms with Crippen LogP contribution in [-0.4, -0.2) is 62.2 Å². The Kier molecular flexibility index (Phi) is 11.0. The van der Waals surface area contributed by atoms with Crippen LogP contribution in [0.5, 0.6) is 0 Å². The van der Waals surface area contributed by atoms with Gasteiger partial charge in [-0.05, 0) is 58.7 Å². The molecule has 3 rings (SSSR count). The minimum absolute atomic E-state index is 0.118. The average molecular weight is 591 g/mol. The summed E-state index contributed by atoms with van der Waals surface area (Å²) in [5.74, 6) is -0.779. The number of imidazole rings is 1. The summed E-state index contributed by atoms with van der Waals surface area (Å²) in [4.78, 5) is 37.5. The van der Waals surface area contributed by atoms with Crippen molar-refractivity contribution in [3.05, 3.63) is 48.0 Å². The molecule has 0 aliphatic rings. The zero-order valence-electron chi connectivity index (χ0n) is 24.3. The van der Waals surface area contributed by atoms with Crippen molar-refractivity contribution in [2.24, 2.45) is 0 Å². The Hall–Kier alpha value is -3.38. The second-order valence-electron chi connectivity index (χ2n) is 10.4. The highest BCUT2D eigenvalue weighted by molar-refractivity contribution is 7.56. The average Bonchev–Trinajstić information content (AvgIpc) is 3.33. The molecule has 1 aromatic carbocycles. The Morgan fingerprint density at radius 3 is 2.63 bits per heavy atom. The fraction of sp³-hybridized carbons (Fsp3) is 0.519. The third-order valence-electron chi connectivity index (χ3n) is 5.75. The normalized spacial score (nSPS) is 14.1. The van der Waals surface area contributed by atoms with Gasteiger partial charge in [0.25, 0.3) is 7.52 Å². The summed E-state index contributed by atoms with van der Waals surface area (Å²) in [5, 5.41) is 2.85. The standard InChI is InChI=1S/C27H39N6O7P/c1-7-11-37-26(35)27(5,6)32-41(36,39-14-20-9-8-10-21(12-20)25(34)40-18(2)3)17-38-19(4)13-33-16-31-22-23(28)29-15-30-24(22)33/h8-10,12,15-16,18-19H,7,11,13-14,17H2,1-6H3,(H,32,36)(H2,28,29,30)/t19-,41?/m1/s1. The highest BCUT2D eigenvalue weighted by Crippen LogP contribution is 2.46. The highest BCUT2D eigenvalue weighted by Gasteiger charge is 2.38. The quantitative estimate of drug-likeness (QED) is 0.192. The monoisotopic (exact) mass is 590 g/mol. The Balaban J connectivity index is 1.75. The van der Waals surface area contributed by atoms with Crippen LogP contribution >= 0.6 is 7.52 Å². The van der Waals surface area contributed by atoms with Gasteiger partial charge < -0.3 is 29.0 Å². The van der Waals surface area contributed by atoms with E-state index in [2.05, 4.69) is 20.0 Å². The molecule has 14 heteroatoms. The molecule has 0 saturated carbocycles. The first-order chi connectivity index (χ1) is 19.3. The van der Waals surface area contributed by atoms with Crippen molar-refractivity contribution < 1.29 is 32.9 Å². The molecule has 0 aliphatic carbocycles. The van der Waals surface area contributed by atoms with Gasteiger partial charge in [-0.3, -0.25) is 9.36 Å². The van der Waals surface area contributed by atoms with Gasteiger partial charge >= 0.3 is 11.9 Å².